The second-order valence-corrected chi connectivity index (χ2v) is 7.44. The number of carbonyl (C=O) groups excluding carboxylic acids is 1. The molecule has 0 aromatic heterocycles. The van der Waals surface area contributed by atoms with E-state index in [1.54, 1.807) is 12.1 Å². The zero-order valence-electron chi connectivity index (χ0n) is 16.2. The van der Waals surface area contributed by atoms with Crippen molar-refractivity contribution in [2.24, 2.45) is 0 Å². The Balaban J connectivity index is 2.23. The number of ether oxygens (including phenoxy) is 1. The summed E-state index contributed by atoms with van der Waals surface area (Å²) in [5.41, 5.74) is -8.28. The largest absolute Gasteiger partial charge is 0.488 e. The highest BCUT2D eigenvalue weighted by atomic mass is 32.2. The Morgan fingerprint density at radius 2 is 1.70 bits per heavy atom. The standard InChI is InChI=1S/C21H11F6N3O2S/c1-2-19(11-29,12-32-17-9-13(10-28)3-8-16(17)20(22,23)24)30-18(31)14-4-6-15(7-5-14)33-21(25,26)27/h1,3-9H,12H2,(H,30,31)/t19-/m0/s1. The normalized spacial score (nSPS) is 13.1. The zero-order valence-corrected chi connectivity index (χ0v) is 17.0. The molecule has 2 aromatic rings. The van der Waals surface area contributed by atoms with E-state index in [1.165, 1.54) is 0 Å². The van der Waals surface area contributed by atoms with Gasteiger partial charge in [-0.3, -0.25) is 4.79 Å². The number of halogens is 6. The lowest BCUT2D eigenvalue weighted by Crippen LogP contribution is -2.50. The first kappa shape index (κ1) is 25.4. The van der Waals surface area contributed by atoms with Crippen molar-refractivity contribution in [3.05, 3.63) is 59.2 Å². The van der Waals surface area contributed by atoms with Gasteiger partial charge in [-0.1, -0.05) is 5.92 Å². The molecule has 5 nitrogen and oxygen atoms in total. The van der Waals surface area contributed by atoms with Crippen LogP contribution in [0.2, 0.25) is 0 Å². The van der Waals surface area contributed by atoms with Gasteiger partial charge in [0.25, 0.3) is 5.91 Å². The molecule has 0 aliphatic heterocycles. The van der Waals surface area contributed by atoms with Crippen LogP contribution in [0.1, 0.15) is 21.5 Å². The molecule has 0 unspecified atom stereocenters. The molecule has 2 aromatic carbocycles. The number of carbonyl (C=O) groups is 1. The number of nitrogens with one attached hydrogen (secondary N) is 1. The summed E-state index contributed by atoms with van der Waals surface area (Å²) in [5.74, 6) is 0.201. The highest BCUT2D eigenvalue weighted by Crippen LogP contribution is 2.38. The maximum atomic E-state index is 13.2. The molecule has 0 heterocycles. The maximum absolute atomic E-state index is 13.2. The van der Waals surface area contributed by atoms with Crippen molar-refractivity contribution in [2.45, 2.75) is 22.1 Å². The molecule has 33 heavy (non-hydrogen) atoms. The Hall–Kier alpha value is -3.82. The number of terminal acetylenes is 1. The summed E-state index contributed by atoms with van der Waals surface area (Å²) in [6.07, 6.45) is 0.473. The SMILES string of the molecule is C#C[C@](C#N)(COc1cc(C#N)ccc1C(F)(F)F)NC(=O)c1ccc(SC(F)(F)F)cc1. The van der Waals surface area contributed by atoms with Crippen LogP contribution in [0, 0.1) is 35.0 Å². The number of thioether (sulfide) groups is 1. The van der Waals surface area contributed by atoms with Gasteiger partial charge < -0.3 is 10.1 Å². The second kappa shape index (κ2) is 9.76. The lowest BCUT2D eigenvalue weighted by Gasteiger charge is -2.24. The van der Waals surface area contributed by atoms with E-state index < -0.39 is 52.8 Å². The first-order valence-electron chi connectivity index (χ1n) is 8.64. The van der Waals surface area contributed by atoms with Crippen molar-refractivity contribution in [1.82, 2.24) is 5.32 Å². The number of nitriles is 2. The third kappa shape index (κ3) is 6.83. The Morgan fingerprint density at radius 3 is 2.18 bits per heavy atom. The Labute approximate surface area is 187 Å². The van der Waals surface area contributed by atoms with Gasteiger partial charge in [0.05, 0.1) is 17.2 Å². The Morgan fingerprint density at radius 1 is 1.06 bits per heavy atom. The number of rotatable bonds is 6. The Bertz CT molecular complexity index is 1140. The van der Waals surface area contributed by atoms with Crippen LogP contribution in [0.3, 0.4) is 0 Å². The van der Waals surface area contributed by atoms with Gasteiger partial charge in [0, 0.05) is 10.5 Å². The molecule has 1 amide bonds. The van der Waals surface area contributed by atoms with Crippen LogP contribution in [-0.4, -0.2) is 23.6 Å². The average Bonchev–Trinajstić information content (AvgIpc) is 2.75. The van der Waals surface area contributed by atoms with E-state index >= 15 is 0 Å². The first-order valence-corrected chi connectivity index (χ1v) is 9.45. The highest BCUT2D eigenvalue weighted by Gasteiger charge is 2.37. The highest BCUT2D eigenvalue weighted by molar-refractivity contribution is 8.00. The van der Waals surface area contributed by atoms with E-state index in [0.717, 1.165) is 36.4 Å². The van der Waals surface area contributed by atoms with Crippen LogP contribution < -0.4 is 10.1 Å². The first-order chi connectivity index (χ1) is 15.3. The van der Waals surface area contributed by atoms with Crippen molar-refractivity contribution in [3.8, 4) is 30.2 Å². The van der Waals surface area contributed by atoms with Gasteiger partial charge in [-0.05, 0) is 54.2 Å². The van der Waals surface area contributed by atoms with Gasteiger partial charge in [-0.15, -0.1) is 6.42 Å². The molecule has 1 N–H and O–H groups in total. The van der Waals surface area contributed by atoms with E-state index in [1.807, 2.05) is 5.92 Å². The van der Waals surface area contributed by atoms with Crippen LogP contribution in [-0.2, 0) is 6.18 Å². The molecule has 1 atom stereocenters. The smallest absolute Gasteiger partial charge is 0.446 e. The predicted molar refractivity (Wildman–Crippen MR) is 105 cm³/mol. The van der Waals surface area contributed by atoms with Crippen molar-refractivity contribution < 1.29 is 35.9 Å². The van der Waals surface area contributed by atoms with Crippen LogP contribution in [0.25, 0.3) is 0 Å². The molecule has 0 aliphatic rings. The molecule has 0 radical (unpaired) electrons. The minimum Gasteiger partial charge on any atom is -0.488 e. The summed E-state index contributed by atoms with van der Waals surface area (Å²) in [7, 11) is 0. The van der Waals surface area contributed by atoms with E-state index in [0.29, 0.717) is 6.07 Å². The summed E-state index contributed by atoms with van der Waals surface area (Å²) >= 11 is -0.396. The molecule has 0 saturated heterocycles. The topological polar surface area (TPSA) is 85.9 Å². The number of nitrogens with zero attached hydrogens (tertiary/aromatic N) is 2. The predicted octanol–water partition coefficient (Wildman–Crippen LogP) is 4.89. The Kier molecular flexibility index (Phi) is 7.53. The summed E-state index contributed by atoms with van der Waals surface area (Å²) in [6.45, 7) is -0.911. The van der Waals surface area contributed by atoms with Crippen molar-refractivity contribution in [1.29, 1.82) is 10.5 Å². The van der Waals surface area contributed by atoms with Gasteiger partial charge in [0.15, 0.2) is 0 Å². The van der Waals surface area contributed by atoms with Crippen LogP contribution in [0.5, 0.6) is 5.75 Å². The van der Waals surface area contributed by atoms with Gasteiger partial charge in [-0.2, -0.15) is 36.9 Å². The molecule has 0 fully saturated rings. The van der Waals surface area contributed by atoms with Crippen molar-refractivity contribution in [3.63, 3.8) is 0 Å². The molecular formula is C21H11F6N3O2S. The van der Waals surface area contributed by atoms with Crippen LogP contribution in [0.4, 0.5) is 26.3 Å². The quantitative estimate of drug-likeness (QED) is 0.359. The van der Waals surface area contributed by atoms with E-state index in [9.17, 15) is 36.4 Å². The molecule has 170 valence electrons. The van der Waals surface area contributed by atoms with Crippen molar-refractivity contribution in [2.75, 3.05) is 6.61 Å². The fourth-order valence-corrected chi connectivity index (χ4v) is 2.95. The average molecular weight is 483 g/mol. The lowest BCUT2D eigenvalue weighted by atomic mass is 10.0. The van der Waals surface area contributed by atoms with Crippen LogP contribution in [0.15, 0.2) is 47.4 Å². The number of alkyl halides is 6. The molecule has 0 aliphatic carbocycles. The zero-order chi connectivity index (χ0) is 24.9. The van der Waals surface area contributed by atoms with Crippen molar-refractivity contribution >= 4 is 17.7 Å². The van der Waals surface area contributed by atoms with E-state index in [-0.39, 0.29) is 16.0 Å². The number of amides is 1. The maximum Gasteiger partial charge on any atom is 0.446 e. The molecular weight excluding hydrogens is 472 g/mol. The molecule has 0 spiro atoms. The summed E-state index contributed by atoms with van der Waals surface area (Å²) in [5, 5.41) is 20.5. The summed E-state index contributed by atoms with van der Waals surface area (Å²) < 4.78 is 82.0. The van der Waals surface area contributed by atoms with Crippen LogP contribution >= 0.6 is 11.8 Å². The third-order valence-corrected chi connectivity index (χ3v) is 4.71. The van der Waals surface area contributed by atoms with Gasteiger partial charge in [0.1, 0.15) is 18.4 Å². The van der Waals surface area contributed by atoms with E-state index in [2.05, 4.69) is 5.32 Å². The van der Waals surface area contributed by atoms with Gasteiger partial charge >= 0.3 is 11.7 Å². The lowest BCUT2D eigenvalue weighted by molar-refractivity contribution is -0.139. The monoisotopic (exact) mass is 483 g/mol. The molecule has 0 bridgehead atoms. The fourth-order valence-electron chi connectivity index (χ4n) is 2.41. The molecule has 0 saturated carbocycles. The summed E-state index contributed by atoms with van der Waals surface area (Å²) in [6, 6.07) is 9.74. The summed E-state index contributed by atoms with van der Waals surface area (Å²) in [4.78, 5) is 12.3. The number of hydrogen-bond acceptors (Lipinski definition) is 5. The molecule has 12 heteroatoms. The fraction of sp³-hybridized carbons (Fsp3) is 0.190. The number of hydrogen-bond donors (Lipinski definition) is 1. The van der Waals surface area contributed by atoms with Gasteiger partial charge in [-0.25, -0.2) is 0 Å². The second-order valence-electron chi connectivity index (χ2n) is 6.30. The minimum absolute atomic E-state index is 0.151. The minimum atomic E-state index is -4.84. The third-order valence-electron chi connectivity index (χ3n) is 3.97. The van der Waals surface area contributed by atoms with E-state index in [4.69, 9.17) is 16.4 Å². The molecule has 2 rings (SSSR count). The van der Waals surface area contributed by atoms with Gasteiger partial charge in [0.2, 0.25) is 5.54 Å². The number of benzene rings is 2.